The molecule has 1 aromatic carbocycles. The van der Waals surface area contributed by atoms with Crippen LogP contribution in [0.5, 0.6) is 0 Å². The molecule has 80 valence electrons. The Morgan fingerprint density at radius 3 is 2.53 bits per heavy atom. The van der Waals surface area contributed by atoms with Crippen LogP contribution in [-0.4, -0.2) is 11.1 Å². The van der Waals surface area contributed by atoms with Gasteiger partial charge in [-0.1, -0.05) is 38.1 Å². The predicted molar refractivity (Wildman–Crippen MR) is 60.3 cm³/mol. The van der Waals surface area contributed by atoms with Gasteiger partial charge >= 0.3 is 5.97 Å². The van der Waals surface area contributed by atoms with Gasteiger partial charge in [0.1, 0.15) is 5.70 Å². The second-order valence-corrected chi connectivity index (χ2v) is 3.69. The minimum Gasteiger partial charge on any atom is -0.477 e. The molecule has 0 atom stereocenters. The fourth-order valence-corrected chi connectivity index (χ4v) is 1.40. The van der Waals surface area contributed by atoms with Gasteiger partial charge in [-0.3, -0.25) is 0 Å². The lowest BCUT2D eigenvalue weighted by molar-refractivity contribution is -0.132. The van der Waals surface area contributed by atoms with Gasteiger partial charge < -0.3 is 10.8 Å². The summed E-state index contributed by atoms with van der Waals surface area (Å²) < 4.78 is 0. The Hall–Kier alpha value is -1.77. The zero-order valence-corrected chi connectivity index (χ0v) is 8.90. The predicted octanol–water partition coefficient (Wildman–Crippen LogP) is 2.19. The number of rotatable bonds is 3. The first kappa shape index (κ1) is 11.3. The van der Waals surface area contributed by atoms with E-state index in [1.807, 2.05) is 24.3 Å². The number of carboxylic acid groups (broad SMARTS) is 1. The third kappa shape index (κ3) is 2.84. The van der Waals surface area contributed by atoms with Crippen molar-refractivity contribution >= 4 is 12.0 Å². The molecule has 0 aliphatic heterocycles. The van der Waals surface area contributed by atoms with E-state index in [9.17, 15) is 4.79 Å². The molecule has 3 heteroatoms. The number of carbonyl (C=O) groups is 1. The van der Waals surface area contributed by atoms with Gasteiger partial charge in [-0.05, 0) is 23.1 Å². The summed E-state index contributed by atoms with van der Waals surface area (Å²) >= 11 is 0. The van der Waals surface area contributed by atoms with Crippen molar-refractivity contribution in [2.45, 2.75) is 19.8 Å². The smallest absolute Gasteiger partial charge is 0.351 e. The molecule has 3 N–H and O–H groups in total. The highest BCUT2D eigenvalue weighted by molar-refractivity contribution is 5.91. The highest BCUT2D eigenvalue weighted by Crippen LogP contribution is 2.20. The van der Waals surface area contributed by atoms with Crippen LogP contribution in [0, 0.1) is 0 Å². The summed E-state index contributed by atoms with van der Waals surface area (Å²) in [6, 6.07) is 7.65. The van der Waals surface area contributed by atoms with Crippen molar-refractivity contribution in [3.8, 4) is 0 Å². The molecule has 1 rings (SSSR count). The molecule has 0 spiro atoms. The van der Waals surface area contributed by atoms with Crippen LogP contribution in [0.2, 0.25) is 0 Å². The molecule has 0 fully saturated rings. The van der Waals surface area contributed by atoms with E-state index in [1.165, 1.54) is 6.08 Å². The highest BCUT2D eigenvalue weighted by Gasteiger charge is 2.06. The van der Waals surface area contributed by atoms with Gasteiger partial charge in [-0.25, -0.2) is 4.79 Å². The molecular weight excluding hydrogens is 190 g/mol. The van der Waals surface area contributed by atoms with Gasteiger partial charge in [0.25, 0.3) is 0 Å². The van der Waals surface area contributed by atoms with Gasteiger partial charge in [-0.15, -0.1) is 0 Å². The maximum Gasteiger partial charge on any atom is 0.351 e. The first-order chi connectivity index (χ1) is 7.02. The quantitative estimate of drug-likeness (QED) is 0.743. The lowest BCUT2D eigenvalue weighted by Crippen LogP contribution is -2.09. The molecule has 0 unspecified atom stereocenters. The fourth-order valence-electron chi connectivity index (χ4n) is 1.40. The second kappa shape index (κ2) is 4.64. The fraction of sp³-hybridized carbons (Fsp3) is 0.250. The summed E-state index contributed by atoms with van der Waals surface area (Å²) in [6.07, 6.45) is 1.50. The molecule has 0 aromatic heterocycles. The van der Waals surface area contributed by atoms with Gasteiger partial charge in [0.2, 0.25) is 0 Å². The largest absolute Gasteiger partial charge is 0.477 e. The number of hydrogen-bond acceptors (Lipinski definition) is 2. The van der Waals surface area contributed by atoms with E-state index < -0.39 is 5.97 Å². The lowest BCUT2D eigenvalue weighted by Gasteiger charge is -2.09. The Labute approximate surface area is 89.2 Å². The Morgan fingerprint density at radius 2 is 2.00 bits per heavy atom. The van der Waals surface area contributed by atoms with E-state index in [-0.39, 0.29) is 5.70 Å². The maximum absolute atomic E-state index is 10.6. The van der Waals surface area contributed by atoms with Crippen LogP contribution >= 0.6 is 0 Å². The van der Waals surface area contributed by atoms with Crippen LogP contribution in [0.1, 0.15) is 30.9 Å². The first-order valence-corrected chi connectivity index (χ1v) is 4.81. The Balaban J connectivity index is 3.14. The molecule has 0 radical (unpaired) electrons. The van der Waals surface area contributed by atoms with Crippen LogP contribution in [0.25, 0.3) is 6.08 Å². The maximum atomic E-state index is 10.6. The van der Waals surface area contributed by atoms with Crippen molar-refractivity contribution in [1.29, 1.82) is 0 Å². The van der Waals surface area contributed by atoms with E-state index in [1.54, 1.807) is 0 Å². The molecule has 1 aromatic rings. The van der Waals surface area contributed by atoms with Crippen LogP contribution in [0.15, 0.2) is 30.0 Å². The number of aliphatic carboxylic acids is 1. The normalized spacial score (nSPS) is 11.8. The molecule has 0 heterocycles. The topological polar surface area (TPSA) is 63.3 Å². The summed E-state index contributed by atoms with van der Waals surface area (Å²) in [4.78, 5) is 10.6. The average molecular weight is 205 g/mol. The summed E-state index contributed by atoms with van der Waals surface area (Å²) in [5.41, 5.74) is 7.21. The first-order valence-electron chi connectivity index (χ1n) is 4.81. The van der Waals surface area contributed by atoms with Crippen LogP contribution in [-0.2, 0) is 4.79 Å². The monoisotopic (exact) mass is 205 g/mol. The molecule has 0 aliphatic carbocycles. The molecule has 15 heavy (non-hydrogen) atoms. The van der Waals surface area contributed by atoms with Crippen LogP contribution in [0.4, 0.5) is 0 Å². The number of nitrogens with two attached hydrogens (primary N) is 1. The van der Waals surface area contributed by atoms with Gasteiger partial charge in [0, 0.05) is 0 Å². The minimum atomic E-state index is -1.09. The van der Waals surface area contributed by atoms with Crippen molar-refractivity contribution in [1.82, 2.24) is 0 Å². The Morgan fingerprint density at radius 1 is 1.40 bits per heavy atom. The van der Waals surface area contributed by atoms with Gasteiger partial charge in [-0.2, -0.15) is 0 Å². The molecule has 0 saturated carbocycles. The molecule has 0 saturated heterocycles. The Bertz CT molecular complexity index is 394. The Kier molecular flexibility index (Phi) is 3.50. The molecule has 0 bridgehead atoms. The van der Waals surface area contributed by atoms with Crippen LogP contribution < -0.4 is 5.73 Å². The van der Waals surface area contributed by atoms with Crippen molar-refractivity contribution in [2.75, 3.05) is 0 Å². The van der Waals surface area contributed by atoms with Crippen molar-refractivity contribution in [2.24, 2.45) is 5.73 Å². The van der Waals surface area contributed by atoms with E-state index >= 15 is 0 Å². The zero-order valence-electron chi connectivity index (χ0n) is 8.90. The van der Waals surface area contributed by atoms with E-state index in [0.717, 1.165) is 11.1 Å². The van der Waals surface area contributed by atoms with E-state index in [4.69, 9.17) is 10.8 Å². The number of carboxylic acids is 1. The number of benzene rings is 1. The highest BCUT2D eigenvalue weighted by atomic mass is 16.4. The molecule has 0 aliphatic rings. The summed E-state index contributed by atoms with van der Waals surface area (Å²) in [7, 11) is 0. The van der Waals surface area contributed by atoms with E-state index in [2.05, 4.69) is 13.8 Å². The second-order valence-electron chi connectivity index (χ2n) is 3.69. The van der Waals surface area contributed by atoms with Gasteiger partial charge in [0.05, 0.1) is 0 Å². The van der Waals surface area contributed by atoms with Crippen molar-refractivity contribution in [3.05, 3.63) is 41.1 Å². The molecular formula is C12H15NO2. The van der Waals surface area contributed by atoms with Gasteiger partial charge in [0.15, 0.2) is 0 Å². The SMILES string of the molecule is CC(C)c1ccccc1/C=C(/N)C(=O)O. The van der Waals surface area contributed by atoms with Crippen LogP contribution in [0.3, 0.4) is 0 Å². The van der Waals surface area contributed by atoms with Crippen molar-refractivity contribution < 1.29 is 9.90 Å². The third-order valence-electron chi connectivity index (χ3n) is 2.18. The summed E-state index contributed by atoms with van der Waals surface area (Å²) in [6.45, 7) is 4.12. The van der Waals surface area contributed by atoms with E-state index in [0.29, 0.717) is 5.92 Å². The standard InChI is InChI=1S/C12H15NO2/c1-8(2)10-6-4-3-5-9(10)7-11(13)12(14)15/h3-8H,13H2,1-2H3,(H,14,15)/b11-7+. The third-order valence-corrected chi connectivity index (χ3v) is 2.18. The zero-order chi connectivity index (χ0) is 11.4. The molecule has 0 amide bonds. The summed E-state index contributed by atoms with van der Waals surface area (Å²) in [5.74, 6) is -0.743. The lowest BCUT2D eigenvalue weighted by atomic mass is 9.97. The number of hydrogen-bond donors (Lipinski definition) is 2. The minimum absolute atomic E-state index is 0.136. The molecule has 3 nitrogen and oxygen atoms in total. The average Bonchev–Trinajstić information content (AvgIpc) is 2.18. The van der Waals surface area contributed by atoms with Crippen molar-refractivity contribution in [3.63, 3.8) is 0 Å². The summed E-state index contributed by atoms with van der Waals surface area (Å²) in [5, 5.41) is 8.68.